The Balaban J connectivity index is 1.81. The van der Waals surface area contributed by atoms with E-state index in [1.807, 2.05) is 43.3 Å². The van der Waals surface area contributed by atoms with Gasteiger partial charge in [0.15, 0.2) is 0 Å². The van der Waals surface area contributed by atoms with E-state index in [9.17, 15) is 14.4 Å². The van der Waals surface area contributed by atoms with Gasteiger partial charge in [0, 0.05) is 23.5 Å². The van der Waals surface area contributed by atoms with Crippen LogP contribution in [0.25, 0.3) is 0 Å². The number of amides is 3. The van der Waals surface area contributed by atoms with Crippen LogP contribution in [0.5, 0.6) is 5.75 Å². The Labute approximate surface area is 169 Å². The van der Waals surface area contributed by atoms with Crippen LogP contribution in [0, 0.1) is 6.92 Å². The summed E-state index contributed by atoms with van der Waals surface area (Å²) in [4.78, 5) is 35.9. The number of anilines is 1. The molecule has 3 amide bonds. The highest BCUT2D eigenvalue weighted by Crippen LogP contribution is 2.16. The first-order valence-corrected chi connectivity index (χ1v) is 8.99. The normalized spacial score (nSPS) is 10.8. The number of para-hydroxylation sites is 2. The minimum Gasteiger partial charge on any atom is -0.496 e. The predicted octanol–water partition coefficient (Wildman–Crippen LogP) is 2.14. The van der Waals surface area contributed by atoms with E-state index >= 15 is 0 Å². The summed E-state index contributed by atoms with van der Waals surface area (Å²) in [6.07, 6.45) is -0.0190. The fourth-order valence-electron chi connectivity index (χ4n) is 2.47. The number of hydrogen-bond acceptors (Lipinski definition) is 5. The van der Waals surface area contributed by atoms with E-state index in [-0.39, 0.29) is 12.3 Å². The minimum atomic E-state index is -0.915. The number of aryl methyl sites for hydroxylation is 1. The van der Waals surface area contributed by atoms with E-state index in [4.69, 9.17) is 4.74 Å². The van der Waals surface area contributed by atoms with Gasteiger partial charge in [0.2, 0.25) is 5.91 Å². The van der Waals surface area contributed by atoms with Gasteiger partial charge in [-0.25, -0.2) is 5.43 Å². The Morgan fingerprint density at radius 2 is 1.69 bits per heavy atom. The highest BCUT2D eigenvalue weighted by atomic mass is 16.5. The number of hydrogen-bond donors (Lipinski definition) is 3. The van der Waals surface area contributed by atoms with Crippen LogP contribution in [0.2, 0.25) is 0 Å². The van der Waals surface area contributed by atoms with Crippen molar-refractivity contribution in [3.63, 3.8) is 0 Å². The van der Waals surface area contributed by atoms with Gasteiger partial charge in [0.1, 0.15) is 5.75 Å². The number of methoxy groups -OCH3 is 1. The average Bonchev–Trinajstić information content (AvgIpc) is 2.72. The summed E-state index contributed by atoms with van der Waals surface area (Å²) in [5.74, 6) is -1.33. The summed E-state index contributed by atoms with van der Waals surface area (Å²) in [6.45, 7) is 3.71. The quantitative estimate of drug-likeness (QED) is 0.378. The lowest BCUT2D eigenvalue weighted by atomic mass is 10.2. The fraction of sp³-hybridized carbons (Fsp3) is 0.238. The lowest BCUT2D eigenvalue weighted by Gasteiger charge is -2.09. The van der Waals surface area contributed by atoms with Gasteiger partial charge in [-0.2, -0.15) is 5.10 Å². The number of nitrogens with one attached hydrogen (secondary N) is 3. The zero-order valence-electron chi connectivity index (χ0n) is 16.6. The molecule has 152 valence electrons. The van der Waals surface area contributed by atoms with Crippen molar-refractivity contribution in [1.82, 2.24) is 10.7 Å². The van der Waals surface area contributed by atoms with Crippen molar-refractivity contribution in [1.29, 1.82) is 0 Å². The molecule has 2 aromatic rings. The molecule has 29 heavy (non-hydrogen) atoms. The molecule has 0 spiro atoms. The maximum Gasteiger partial charge on any atom is 0.329 e. The summed E-state index contributed by atoms with van der Waals surface area (Å²) >= 11 is 0. The molecule has 0 atom stereocenters. The second kappa shape index (κ2) is 10.6. The molecule has 0 aliphatic heterocycles. The SMILES string of the molecule is COc1ccccc1CNC(=O)CC(C)=NNC(=O)C(=O)Nc1ccccc1C. The number of carbonyl (C=O) groups excluding carboxylic acids is 3. The Morgan fingerprint density at radius 1 is 1.00 bits per heavy atom. The van der Waals surface area contributed by atoms with Crippen LogP contribution in [0.15, 0.2) is 53.6 Å². The molecule has 0 radical (unpaired) electrons. The van der Waals surface area contributed by atoms with Crippen molar-refractivity contribution in [3.05, 3.63) is 59.7 Å². The summed E-state index contributed by atoms with van der Waals surface area (Å²) in [5, 5.41) is 9.08. The van der Waals surface area contributed by atoms with Crippen LogP contribution in [-0.2, 0) is 20.9 Å². The van der Waals surface area contributed by atoms with Gasteiger partial charge in [0.25, 0.3) is 0 Å². The number of nitrogens with zero attached hydrogens (tertiary/aromatic N) is 1. The van der Waals surface area contributed by atoms with Crippen molar-refractivity contribution >= 4 is 29.1 Å². The Bertz CT molecular complexity index is 924. The molecule has 3 N–H and O–H groups in total. The third-order valence-corrected chi connectivity index (χ3v) is 4.03. The standard InChI is InChI=1S/C21H24N4O4/c1-14-8-4-6-10-17(14)23-20(27)21(28)25-24-15(2)12-19(26)22-13-16-9-5-7-11-18(16)29-3/h4-11H,12-13H2,1-3H3,(H,22,26)(H,23,27)(H,25,28). The van der Waals surface area contributed by atoms with Crippen molar-refractivity contribution < 1.29 is 19.1 Å². The topological polar surface area (TPSA) is 109 Å². The smallest absolute Gasteiger partial charge is 0.329 e. The minimum absolute atomic E-state index is 0.0190. The third-order valence-electron chi connectivity index (χ3n) is 4.03. The number of hydrazone groups is 1. The number of carbonyl (C=O) groups is 3. The van der Waals surface area contributed by atoms with Crippen molar-refractivity contribution in [2.45, 2.75) is 26.8 Å². The maximum absolute atomic E-state index is 12.1. The van der Waals surface area contributed by atoms with E-state index < -0.39 is 11.8 Å². The highest BCUT2D eigenvalue weighted by Gasteiger charge is 2.14. The molecule has 0 aliphatic rings. The molecule has 0 unspecified atom stereocenters. The Hall–Kier alpha value is -3.68. The van der Waals surface area contributed by atoms with E-state index in [1.165, 1.54) is 0 Å². The van der Waals surface area contributed by atoms with E-state index in [2.05, 4.69) is 21.2 Å². The lowest BCUT2D eigenvalue weighted by Crippen LogP contribution is -2.33. The lowest BCUT2D eigenvalue weighted by molar-refractivity contribution is -0.136. The molecule has 2 aromatic carbocycles. The second-order valence-electron chi connectivity index (χ2n) is 6.32. The van der Waals surface area contributed by atoms with Crippen molar-refractivity contribution in [2.24, 2.45) is 5.10 Å². The molecule has 0 fully saturated rings. The molecule has 8 heteroatoms. The van der Waals surface area contributed by atoms with Crippen LogP contribution in [0.3, 0.4) is 0 Å². The average molecular weight is 396 g/mol. The molecule has 2 rings (SSSR count). The zero-order chi connectivity index (χ0) is 21.2. The fourth-order valence-corrected chi connectivity index (χ4v) is 2.47. The van der Waals surface area contributed by atoms with Gasteiger partial charge < -0.3 is 15.4 Å². The summed E-state index contributed by atoms with van der Waals surface area (Å²) < 4.78 is 5.24. The van der Waals surface area contributed by atoms with Crippen molar-refractivity contribution in [3.8, 4) is 5.75 Å². The third kappa shape index (κ3) is 6.76. The Kier molecular flexibility index (Phi) is 7.90. The zero-order valence-corrected chi connectivity index (χ0v) is 16.6. The van der Waals surface area contributed by atoms with Crippen LogP contribution < -0.4 is 20.8 Å². The van der Waals surface area contributed by atoms with Gasteiger partial charge in [-0.3, -0.25) is 14.4 Å². The monoisotopic (exact) mass is 396 g/mol. The maximum atomic E-state index is 12.1. The highest BCUT2D eigenvalue weighted by molar-refractivity contribution is 6.39. The van der Waals surface area contributed by atoms with Gasteiger partial charge in [-0.15, -0.1) is 0 Å². The molecule has 0 saturated heterocycles. The summed E-state index contributed by atoms with van der Waals surface area (Å²) in [7, 11) is 1.56. The van der Waals surface area contributed by atoms with Crippen LogP contribution >= 0.6 is 0 Å². The number of rotatable bonds is 7. The first-order valence-electron chi connectivity index (χ1n) is 8.99. The molecule has 0 aliphatic carbocycles. The Morgan fingerprint density at radius 3 is 2.41 bits per heavy atom. The van der Waals surface area contributed by atoms with E-state index in [0.29, 0.717) is 23.7 Å². The van der Waals surface area contributed by atoms with Gasteiger partial charge >= 0.3 is 11.8 Å². The predicted molar refractivity (Wildman–Crippen MR) is 111 cm³/mol. The molecular formula is C21H24N4O4. The van der Waals surface area contributed by atoms with Crippen LogP contribution in [-0.4, -0.2) is 30.5 Å². The van der Waals surface area contributed by atoms with Gasteiger partial charge in [-0.1, -0.05) is 36.4 Å². The first-order chi connectivity index (χ1) is 13.9. The largest absolute Gasteiger partial charge is 0.496 e. The van der Waals surface area contributed by atoms with Crippen LogP contribution in [0.4, 0.5) is 5.69 Å². The molecule has 0 saturated carbocycles. The molecule has 0 bridgehead atoms. The number of ether oxygens (including phenoxy) is 1. The first kappa shape index (κ1) is 21.6. The van der Waals surface area contributed by atoms with Crippen LogP contribution in [0.1, 0.15) is 24.5 Å². The van der Waals surface area contributed by atoms with E-state index in [1.54, 1.807) is 26.2 Å². The van der Waals surface area contributed by atoms with E-state index in [0.717, 1.165) is 11.1 Å². The molecule has 0 heterocycles. The van der Waals surface area contributed by atoms with Crippen molar-refractivity contribution in [2.75, 3.05) is 12.4 Å². The summed E-state index contributed by atoms with van der Waals surface area (Å²) in [6, 6.07) is 14.5. The second-order valence-corrected chi connectivity index (χ2v) is 6.32. The molecule has 0 aromatic heterocycles. The van der Waals surface area contributed by atoms with Gasteiger partial charge in [0.05, 0.1) is 13.5 Å². The molecule has 8 nitrogen and oxygen atoms in total. The molecular weight excluding hydrogens is 372 g/mol. The number of benzene rings is 2. The summed E-state index contributed by atoms with van der Waals surface area (Å²) in [5.41, 5.74) is 4.74. The van der Waals surface area contributed by atoms with Gasteiger partial charge in [-0.05, 0) is 31.5 Å².